The zero-order valence-electron chi connectivity index (χ0n) is 6.28. The van der Waals surface area contributed by atoms with Gasteiger partial charge >= 0.3 is 0 Å². The molecule has 0 bridgehead atoms. The number of nitrogens with one attached hydrogen (secondary N) is 1. The molecule has 11 heavy (non-hydrogen) atoms. The van der Waals surface area contributed by atoms with Crippen LogP contribution in [0.1, 0.15) is 6.92 Å². The minimum atomic E-state index is 0.544. The predicted octanol–water partition coefficient (Wildman–Crippen LogP) is 1.55. The molecule has 0 spiro atoms. The van der Waals surface area contributed by atoms with E-state index in [-0.39, 0.29) is 0 Å². The second kappa shape index (κ2) is 3.98. The zero-order valence-corrected chi connectivity index (χ0v) is 7.10. The number of nitrogens with zero attached hydrogens (tertiary/aromatic N) is 1. The Morgan fingerprint density at radius 3 is 3.18 bits per heavy atom. The Morgan fingerprint density at radius 1 is 1.82 bits per heavy atom. The van der Waals surface area contributed by atoms with Crippen LogP contribution >= 0.6 is 12.2 Å². The fraction of sp³-hybridized carbons (Fsp3) is 0.286. The van der Waals surface area contributed by atoms with Gasteiger partial charge in [0.25, 0.3) is 0 Å². The summed E-state index contributed by atoms with van der Waals surface area (Å²) in [6.45, 7) is 2.49. The van der Waals surface area contributed by atoms with E-state index in [0.717, 1.165) is 0 Å². The molecule has 1 aromatic heterocycles. The molecule has 0 aliphatic rings. The molecule has 1 aromatic rings. The number of imidazole rings is 1. The van der Waals surface area contributed by atoms with Crippen molar-refractivity contribution in [2.45, 2.75) is 6.92 Å². The number of hydrogen-bond acceptors (Lipinski definition) is 2. The van der Waals surface area contributed by atoms with Crippen LogP contribution in [0, 0.1) is 4.77 Å². The summed E-state index contributed by atoms with van der Waals surface area (Å²) in [4.78, 5) is 8.04. The first-order valence-corrected chi connectivity index (χ1v) is 3.76. The predicted molar refractivity (Wildman–Crippen MR) is 45.9 cm³/mol. The lowest BCUT2D eigenvalue weighted by molar-refractivity contribution is 0.131. The van der Waals surface area contributed by atoms with Gasteiger partial charge in [0.05, 0.1) is 6.20 Å². The summed E-state index contributed by atoms with van der Waals surface area (Å²) < 4.78 is 2.10. The molecule has 0 saturated heterocycles. The van der Waals surface area contributed by atoms with Gasteiger partial charge in [-0.25, -0.2) is 0 Å². The number of H-pyrrole nitrogens is 1. The van der Waals surface area contributed by atoms with E-state index in [4.69, 9.17) is 17.1 Å². The van der Waals surface area contributed by atoms with Crippen LogP contribution in [-0.2, 0) is 0 Å². The molecule has 0 aromatic carbocycles. The van der Waals surface area contributed by atoms with Gasteiger partial charge in [0.15, 0.2) is 0 Å². The number of aromatic amines is 1. The summed E-state index contributed by atoms with van der Waals surface area (Å²) in [5, 5.41) is 0. The molecule has 60 valence electrons. The minimum absolute atomic E-state index is 0.544. The molecule has 0 atom stereocenters. The van der Waals surface area contributed by atoms with Crippen LogP contribution in [0.3, 0.4) is 0 Å². The molecule has 0 aliphatic heterocycles. The highest BCUT2D eigenvalue weighted by Gasteiger charge is 1.88. The van der Waals surface area contributed by atoms with E-state index in [9.17, 15) is 0 Å². The van der Waals surface area contributed by atoms with Gasteiger partial charge < -0.3 is 9.82 Å². The van der Waals surface area contributed by atoms with Crippen molar-refractivity contribution >= 4 is 12.2 Å². The Bertz CT molecular complexity index is 287. The number of aromatic nitrogens is 2. The second-order valence-corrected chi connectivity index (χ2v) is 2.34. The van der Waals surface area contributed by atoms with E-state index < -0.39 is 0 Å². The molecular formula is C7H10N2OS. The second-order valence-electron chi connectivity index (χ2n) is 1.96. The summed E-state index contributed by atoms with van der Waals surface area (Å²) in [6, 6.07) is 0. The van der Waals surface area contributed by atoms with Gasteiger partial charge in [-0.2, -0.15) is 4.73 Å². The van der Waals surface area contributed by atoms with E-state index in [1.165, 1.54) is 4.73 Å². The van der Waals surface area contributed by atoms with Crippen molar-refractivity contribution in [1.29, 1.82) is 0 Å². The van der Waals surface area contributed by atoms with Gasteiger partial charge in [-0.05, 0) is 25.2 Å². The van der Waals surface area contributed by atoms with Crippen molar-refractivity contribution in [3.63, 3.8) is 0 Å². The fourth-order valence-electron chi connectivity index (χ4n) is 0.629. The molecule has 1 N–H and O–H groups in total. The summed E-state index contributed by atoms with van der Waals surface area (Å²) in [5.74, 6) is 0. The minimum Gasteiger partial charge on any atom is -0.407 e. The van der Waals surface area contributed by atoms with Crippen LogP contribution < -0.4 is 4.84 Å². The van der Waals surface area contributed by atoms with Gasteiger partial charge in [0.2, 0.25) is 4.77 Å². The lowest BCUT2D eigenvalue weighted by Crippen LogP contribution is -2.09. The number of rotatable bonds is 3. The third-order valence-corrected chi connectivity index (χ3v) is 1.46. The van der Waals surface area contributed by atoms with Crippen molar-refractivity contribution in [3.8, 4) is 0 Å². The standard InChI is InChI=1S/C7H10N2OS/c1-2-3-6-10-9-5-4-8-7(9)11/h2-5H,6H2,1H3,(H,8,11)/b3-2+. The lowest BCUT2D eigenvalue weighted by atomic mass is 10.6. The zero-order chi connectivity index (χ0) is 8.10. The van der Waals surface area contributed by atoms with Crippen molar-refractivity contribution in [2.24, 2.45) is 0 Å². The Balaban J connectivity index is 2.51. The van der Waals surface area contributed by atoms with Crippen molar-refractivity contribution < 1.29 is 4.84 Å². The molecule has 0 aliphatic carbocycles. The van der Waals surface area contributed by atoms with Crippen molar-refractivity contribution in [3.05, 3.63) is 29.3 Å². The molecule has 3 nitrogen and oxygen atoms in total. The Labute approximate surface area is 70.3 Å². The molecule has 0 saturated carbocycles. The monoisotopic (exact) mass is 170 g/mol. The topological polar surface area (TPSA) is 29.9 Å². The highest BCUT2D eigenvalue weighted by atomic mass is 32.1. The Morgan fingerprint density at radius 2 is 2.64 bits per heavy atom. The van der Waals surface area contributed by atoms with Gasteiger partial charge in [0.1, 0.15) is 6.61 Å². The molecule has 4 heteroatoms. The summed E-state index contributed by atoms with van der Waals surface area (Å²) in [7, 11) is 0. The van der Waals surface area contributed by atoms with Crippen LogP contribution in [0.2, 0.25) is 0 Å². The smallest absolute Gasteiger partial charge is 0.211 e. The fourth-order valence-corrected chi connectivity index (χ4v) is 0.810. The largest absolute Gasteiger partial charge is 0.407 e. The first-order valence-electron chi connectivity index (χ1n) is 3.35. The normalized spacial score (nSPS) is 10.6. The quantitative estimate of drug-likeness (QED) is 0.551. The summed E-state index contributed by atoms with van der Waals surface area (Å²) in [5.41, 5.74) is 0. The maximum absolute atomic E-state index is 5.21. The van der Waals surface area contributed by atoms with E-state index in [0.29, 0.717) is 11.4 Å². The first kappa shape index (κ1) is 8.07. The summed E-state index contributed by atoms with van der Waals surface area (Å²) >= 11 is 4.89. The van der Waals surface area contributed by atoms with Crippen LogP contribution in [0.25, 0.3) is 0 Å². The maximum atomic E-state index is 5.21. The molecule has 1 rings (SSSR count). The van der Waals surface area contributed by atoms with E-state index in [2.05, 4.69) is 4.98 Å². The Hall–Kier alpha value is -1.03. The van der Waals surface area contributed by atoms with Gasteiger partial charge in [-0.3, -0.25) is 0 Å². The van der Waals surface area contributed by atoms with Gasteiger partial charge in [-0.15, -0.1) is 0 Å². The SMILES string of the molecule is C/C=C/COn1cc[nH]c1=S. The third-order valence-electron chi connectivity index (χ3n) is 1.16. The maximum Gasteiger partial charge on any atom is 0.211 e. The average molecular weight is 170 g/mol. The highest BCUT2D eigenvalue weighted by Crippen LogP contribution is 1.85. The average Bonchev–Trinajstić information content (AvgIpc) is 2.37. The van der Waals surface area contributed by atoms with Crippen LogP contribution in [0.4, 0.5) is 0 Å². The van der Waals surface area contributed by atoms with E-state index >= 15 is 0 Å². The lowest BCUT2D eigenvalue weighted by Gasteiger charge is -2.00. The van der Waals surface area contributed by atoms with Crippen LogP contribution in [-0.4, -0.2) is 16.3 Å². The Kier molecular flexibility index (Phi) is 2.92. The van der Waals surface area contributed by atoms with Crippen molar-refractivity contribution in [1.82, 2.24) is 9.71 Å². The van der Waals surface area contributed by atoms with E-state index in [1.54, 1.807) is 12.4 Å². The highest BCUT2D eigenvalue weighted by molar-refractivity contribution is 7.71. The molecule has 1 heterocycles. The van der Waals surface area contributed by atoms with Crippen LogP contribution in [0.15, 0.2) is 24.5 Å². The van der Waals surface area contributed by atoms with E-state index in [1.807, 2.05) is 19.1 Å². The molecular weight excluding hydrogens is 160 g/mol. The summed E-state index contributed by atoms with van der Waals surface area (Å²) in [6.07, 6.45) is 7.31. The molecule has 0 amide bonds. The molecule has 0 radical (unpaired) electrons. The number of hydrogen-bond donors (Lipinski definition) is 1. The van der Waals surface area contributed by atoms with Crippen LogP contribution in [0.5, 0.6) is 0 Å². The third kappa shape index (κ3) is 2.23. The molecule has 0 fully saturated rings. The van der Waals surface area contributed by atoms with Gasteiger partial charge in [-0.1, -0.05) is 6.08 Å². The number of allylic oxidation sites excluding steroid dienone is 1. The molecule has 0 unspecified atom stereocenters. The first-order chi connectivity index (χ1) is 5.34. The van der Waals surface area contributed by atoms with Gasteiger partial charge in [0, 0.05) is 6.20 Å². The van der Waals surface area contributed by atoms with Crippen molar-refractivity contribution in [2.75, 3.05) is 6.61 Å².